The summed E-state index contributed by atoms with van der Waals surface area (Å²) >= 11 is 0. The molecule has 0 amide bonds. The molecule has 3 aliphatic heterocycles. The number of rotatable bonds is 6. The molecule has 3 N–H and O–H groups in total. The molecule has 3 heterocycles. The normalized spacial score (nSPS) is 27.3. The Morgan fingerprint density at radius 2 is 1.04 bits per heavy atom. The average Bonchev–Trinajstić information content (AvgIpc) is 3.13. The molecule has 0 aromatic rings. The average molecular weight is 818 g/mol. The third-order valence-corrected chi connectivity index (χ3v) is 10.5. The summed E-state index contributed by atoms with van der Waals surface area (Å²) < 4.78 is 0. The Kier molecular flexibility index (Phi) is 22.6. The number of dihydropyridines is 1. The molecule has 11 heteroatoms. The van der Waals surface area contributed by atoms with E-state index in [2.05, 4.69) is 31.4 Å². The molecule has 6 rings (SSSR count). The molecule has 5 fully saturated rings. The molecule has 9 nitrogen and oxygen atoms in total. The summed E-state index contributed by atoms with van der Waals surface area (Å²) in [5.74, 6) is 1.38. The maximum atomic E-state index is 10.9. The van der Waals surface area contributed by atoms with Crippen LogP contribution < -0.4 is 5.32 Å². The van der Waals surface area contributed by atoms with E-state index >= 15 is 0 Å². The van der Waals surface area contributed by atoms with Crippen LogP contribution in [0.5, 0.6) is 0 Å². The minimum atomic E-state index is 0. The molecule has 2 saturated heterocycles. The van der Waals surface area contributed by atoms with E-state index in [-0.39, 0.29) is 64.4 Å². The summed E-state index contributed by atoms with van der Waals surface area (Å²) in [5, 5.41) is 40.9. The molecule has 0 aromatic carbocycles. The fourth-order valence-corrected chi connectivity index (χ4v) is 7.97. The molecule has 0 spiro atoms. The van der Waals surface area contributed by atoms with Gasteiger partial charge in [0.1, 0.15) is 5.70 Å². The quantitative estimate of drug-likeness (QED) is 0.107. The molecule has 0 bridgehead atoms. The summed E-state index contributed by atoms with van der Waals surface area (Å²) in [6.45, 7) is 1.91. The van der Waals surface area contributed by atoms with Crippen LogP contribution in [0.4, 0.5) is 0 Å². The van der Waals surface area contributed by atoms with Gasteiger partial charge in [0, 0.05) is 23.5 Å². The van der Waals surface area contributed by atoms with E-state index in [9.17, 15) is 4.91 Å². The smallest absolute Gasteiger partial charge is 0.655 e. The van der Waals surface area contributed by atoms with Gasteiger partial charge in [-0.25, -0.2) is 0 Å². The van der Waals surface area contributed by atoms with Crippen LogP contribution in [0.2, 0.25) is 0 Å². The van der Waals surface area contributed by atoms with E-state index in [1.165, 1.54) is 109 Å². The molecule has 3 saturated carbocycles. The number of oxime groups is 2. The van der Waals surface area contributed by atoms with Gasteiger partial charge in [-0.1, -0.05) is 125 Å². The molecule has 265 valence electrons. The molecule has 2 atom stereocenters. The van der Waals surface area contributed by atoms with Crippen molar-refractivity contribution in [2.24, 2.45) is 33.2 Å². The van der Waals surface area contributed by atoms with Crippen LogP contribution in [-0.2, 0) is 0 Å². The van der Waals surface area contributed by atoms with E-state index in [1.807, 2.05) is 24.4 Å². The van der Waals surface area contributed by atoms with Gasteiger partial charge in [-0.15, -0.1) is 18.0 Å². The Bertz CT molecular complexity index is 934. The van der Waals surface area contributed by atoms with Crippen molar-refractivity contribution in [3.63, 3.8) is 0 Å². The number of piperidine rings is 2. The van der Waals surface area contributed by atoms with Gasteiger partial charge in [-0.2, -0.15) is 0 Å². The first-order valence-electron chi connectivity index (χ1n) is 18.2. The molecular weight excluding hydrogens is 757 g/mol. The summed E-state index contributed by atoms with van der Waals surface area (Å²) in [5.41, 5.74) is 3.54. The molecule has 47 heavy (non-hydrogen) atoms. The van der Waals surface area contributed by atoms with Gasteiger partial charge in [-0.3, -0.25) is 0 Å². The molecule has 3 aliphatic carbocycles. The van der Waals surface area contributed by atoms with Gasteiger partial charge in [-0.05, 0) is 67.7 Å². The molecule has 6 aliphatic rings. The van der Waals surface area contributed by atoms with E-state index < -0.39 is 0 Å². The van der Waals surface area contributed by atoms with Gasteiger partial charge < -0.3 is 26.4 Å². The van der Waals surface area contributed by atoms with Gasteiger partial charge in [0.05, 0.1) is 18.1 Å². The van der Waals surface area contributed by atoms with Crippen LogP contribution in [0.1, 0.15) is 135 Å². The SMILES string of the molecule is O/N=C(\C1CCCCC1)C1CCCC[N-]1.O/N=C(\C1CCCCC1)C1CCCC[N-]1.O=N/C(=C1/C=CC=CN1)C1CCCCC1.[ClH2+].[Gd+3]. The van der Waals surface area contributed by atoms with Crippen molar-refractivity contribution in [1.29, 1.82) is 0 Å². The van der Waals surface area contributed by atoms with Crippen LogP contribution in [0, 0.1) is 75.0 Å². The van der Waals surface area contributed by atoms with Gasteiger partial charge in [0.15, 0.2) is 0 Å². The van der Waals surface area contributed by atoms with Crippen molar-refractivity contribution in [1.82, 2.24) is 5.32 Å². The maximum Gasteiger partial charge on any atom is 3.00 e. The fraction of sp³-hybridized carbons (Fsp3) is 0.778. The van der Waals surface area contributed by atoms with E-state index in [0.29, 0.717) is 23.5 Å². The topological polar surface area (TPSA) is 135 Å². The third-order valence-electron chi connectivity index (χ3n) is 10.5. The van der Waals surface area contributed by atoms with Gasteiger partial charge in [0.2, 0.25) is 0 Å². The second-order valence-electron chi connectivity index (χ2n) is 13.6. The minimum Gasteiger partial charge on any atom is -0.655 e. The zero-order valence-electron chi connectivity index (χ0n) is 28.3. The number of nitrogens with one attached hydrogen (secondary N) is 1. The molecule has 1 radical (unpaired) electrons. The molecule has 0 aromatic heterocycles. The van der Waals surface area contributed by atoms with Crippen molar-refractivity contribution in [3.05, 3.63) is 51.4 Å². The summed E-state index contributed by atoms with van der Waals surface area (Å²) in [7, 11) is 0. The van der Waals surface area contributed by atoms with Crippen LogP contribution in [-0.4, -0.2) is 47.0 Å². The Balaban J connectivity index is 0.000000240. The number of halogens is 1. The standard InChI is InChI=1S/2C12H21N2O.C12H16N2O.ClH2.Gd/c3*15-14-12(10-6-2-1-3-7-10)11-8-4-5-9-13-11;;/h2*10-11,15H,1-9H2;4-5,8-10,13H,1-3,6-7H2;1H2;/q2*-1;;+1;+3/b2*14-12+;12-11-;;. The maximum absolute atomic E-state index is 10.9. The zero-order chi connectivity index (χ0) is 31.5. The van der Waals surface area contributed by atoms with E-state index in [4.69, 9.17) is 10.4 Å². The van der Waals surface area contributed by atoms with E-state index in [0.717, 1.165) is 55.9 Å². The predicted molar refractivity (Wildman–Crippen MR) is 187 cm³/mol. The summed E-state index contributed by atoms with van der Waals surface area (Å²) in [4.78, 5) is 10.9. The van der Waals surface area contributed by atoms with Crippen molar-refractivity contribution < 1.29 is 62.8 Å². The Hall–Kier alpha value is -0.905. The number of hydrogen-bond donors (Lipinski definition) is 3. The summed E-state index contributed by atoms with van der Waals surface area (Å²) in [6.07, 6.45) is 33.2. The van der Waals surface area contributed by atoms with Crippen LogP contribution in [0.25, 0.3) is 10.6 Å². The van der Waals surface area contributed by atoms with Crippen LogP contribution >= 0.6 is 0 Å². The summed E-state index contributed by atoms with van der Waals surface area (Å²) in [6, 6.07) is 0.457. The third kappa shape index (κ3) is 14.1. The molecule has 2 unspecified atom stereocenters. The second-order valence-corrected chi connectivity index (χ2v) is 13.6. The van der Waals surface area contributed by atoms with Gasteiger partial charge in [0.25, 0.3) is 0 Å². The van der Waals surface area contributed by atoms with Crippen molar-refractivity contribution in [2.75, 3.05) is 13.1 Å². The Labute approximate surface area is 321 Å². The largest absolute Gasteiger partial charge is 3.00 e. The van der Waals surface area contributed by atoms with Crippen molar-refractivity contribution in [2.45, 2.75) is 147 Å². The monoisotopic (exact) mass is 817 g/mol. The Morgan fingerprint density at radius 1 is 0.617 bits per heavy atom. The van der Waals surface area contributed by atoms with Crippen LogP contribution in [0.15, 0.2) is 51.3 Å². The zero-order valence-corrected chi connectivity index (χ0v) is 31.5. The van der Waals surface area contributed by atoms with Gasteiger partial charge >= 0.3 is 39.9 Å². The minimum absolute atomic E-state index is 0. The Morgan fingerprint density at radius 3 is 1.38 bits per heavy atom. The first kappa shape index (κ1) is 42.3. The number of nitroso groups, excluding NO2 is 1. The van der Waals surface area contributed by atoms with Crippen molar-refractivity contribution >= 4 is 11.4 Å². The first-order chi connectivity index (χ1) is 22.2. The predicted octanol–water partition coefficient (Wildman–Crippen LogP) is 9.33. The van der Waals surface area contributed by atoms with Crippen LogP contribution in [0.3, 0.4) is 0 Å². The number of hydrogen-bond acceptors (Lipinski definition) is 7. The van der Waals surface area contributed by atoms with Crippen molar-refractivity contribution in [3.8, 4) is 0 Å². The number of allylic oxidation sites excluding steroid dienone is 4. The first-order valence-corrected chi connectivity index (χ1v) is 18.2. The second kappa shape index (κ2) is 25.1. The number of nitrogens with zero attached hydrogens (tertiary/aromatic N) is 5. The molecular formula is C36H60ClGdN6O3+2. The fourth-order valence-electron chi connectivity index (χ4n) is 7.97. The van der Waals surface area contributed by atoms with E-state index in [1.54, 1.807) is 0 Å².